The van der Waals surface area contributed by atoms with Crippen molar-refractivity contribution in [1.29, 1.82) is 0 Å². The van der Waals surface area contributed by atoms with Crippen LogP contribution in [0.5, 0.6) is 0 Å². The van der Waals surface area contributed by atoms with Crippen molar-refractivity contribution in [3.63, 3.8) is 0 Å². The number of amides is 1. The molecule has 1 N–H and O–H groups in total. The first kappa shape index (κ1) is 14.9. The summed E-state index contributed by atoms with van der Waals surface area (Å²) in [6, 6.07) is 6.15. The van der Waals surface area contributed by atoms with Crippen molar-refractivity contribution >= 4 is 17.3 Å². The summed E-state index contributed by atoms with van der Waals surface area (Å²) in [5.74, 6) is 0.678. The van der Waals surface area contributed by atoms with Crippen molar-refractivity contribution in [2.75, 3.05) is 43.1 Å². The molecule has 0 spiro atoms. The van der Waals surface area contributed by atoms with Crippen LogP contribution >= 0.6 is 0 Å². The van der Waals surface area contributed by atoms with E-state index >= 15 is 0 Å². The van der Waals surface area contributed by atoms with E-state index < -0.39 is 0 Å². The molecule has 0 radical (unpaired) electrons. The third-order valence-electron chi connectivity index (χ3n) is 4.20. The molecule has 0 atom stereocenters. The maximum absolute atomic E-state index is 12.3. The molecule has 0 unspecified atom stereocenters. The molecular weight excluding hydrogens is 280 g/mol. The van der Waals surface area contributed by atoms with Crippen LogP contribution in [-0.2, 0) is 14.3 Å². The second-order valence-corrected chi connectivity index (χ2v) is 5.69. The topological polar surface area (TPSA) is 50.8 Å². The van der Waals surface area contributed by atoms with E-state index in [0.717, 1.165) is 48.9 Å². The van der Waals surface area contributed by atoms with Crippen LogP contribution in [0.3, 0.4) is 0 Å². The van der Waals surface area contributed by atoms with Gasteiger partial charge in [-0.25, -0.2) is 0 Å². The van der Waals surface area contributed by atoms with Gasteiger partial charge in [0.05, 0.1) is 25.4 Å². The van der Waals surface area contributed by atoms with E-state index in [4.69, 9.17) is 9.47 Å². The van der Waals surface area contributed by atoms with Crippen LogP contribution in [0.15, 0.2) is 29.5 Å². The third-order valence-corrected chi connectivity index (χ3v) is 4.20. The quantitative estimate of drug-likeness (QED) is 0.932. The van der Waals surface area contributed by atoms with Crippen LogP contribution in [0, 0.1) is 6.92 Å². The molecule has 118 valence electrons. The van der Waals surface area contributed by atoms with Gasteiger partial charge in [0.15, 0.2) is 0 Å². The Morgan fingerprint density at radius 2 is 1.95 bits per heavy atom. The summed E-state index contributed by atoms with van der Waals surface area (Å²) in [5.41, 5.74) is 3.85. The summed E-state index contributed by atoms with van der Waals surface area (Å²) >= 11 is 0. The van der Waals surface area contributed by atoms with Crippen LogP contribution in [0.25, 0.3) is 0 Å². The Bertz CT molecular complexity index is 604. The maximum Gasteiger partial charge on any atom is 0.255 e. The lowest BCUT2D eigenvalue weighted by Crippen LogP contribution is -2.36. The molecular formula is C17H22N2O3. The second kappa shape index (κ2) is 6.40. The first-order chi connectivity index (χ1) is 10.6. The highest BCUT2D eigenvalue weighted by molar-refractivity contribution is 6.04. The fourth-order valence-electron chi connectivity index (χ4n) is 2.85. The Hall–Kier alpha value is -2.01. The molecule has 1 aromatic rings. The molecule has 22 heavy (non-hydrogen) atoms. The molecule has 5 heteroatoms. The molecule has 1 aromatic carbocycles. The summed E-state index contributed by atoms with van der Waals surface area (Å²) in [4.78, 5) is 14.6. The zero-order valence-electron chi connectivity index (χ0n) is 13.1. The number of aryl methyl sites for hydroxylation is 1. The first-order valence-electron chi connectivity index (χ1n) is 7.72. The molecule has 0 aliphatic carbocycles. The van der Waals surface area contributed by atoms with Gasteiger partial charge in [0, 0.05) is 30.9 Å². The predicted octanol–water partition coefficient (Wildman–Crippen LogP) is 2.46. The van der Waals surface area contributed by atoms with Gasteiger partial charge in [-0.05, 0) is 37.6 Å². The average molecular weight is 302 g/mol. The van der Waals surface area contributed by atoms with E-state index in [1.807, 2.05) is 19.9 Å². The molecule has 0 aromatic heterocycles. The molecule has 5 nitrogen and oxygen atoms in total. The van der Waals surface area contributed by atoms with Crippen molar-refractivity contribution in [2.24, 2.45) is 0 Å². The molecule has 0 bridgehead atoms. The van der Waals surface area contributed by atoms with E-state index in [1.165, 1.54) is 5.69 Å². The van der Waals surface area contributed by atoms with E-state index in [0.29, 0.717) is 13.0 Å². The smallest absolute Gasteiger partial charge is 0.255 e. The highest BCUT2D eigenvalue weighted by Gasteiger charge is 2.20. The zero-order chi connectivity index (χ0) is 15.5. The van der Waals surface area contributed by atoms with Crippen LogP contribution in [0.1, 0.15) is 18.9 Å². The molecule has 0 saturated carbocycles. The highest BCUT2D eigenvalue weighted by Crippen LogP contribution is 2.25. The van der Waals surface area contributed by atoms with Gasteiger partial charge in [-0.1, -0.05) is 0 Å². The number of allylic oxidation sites excluding steroid dienone is 1. The number of carbonyl (C=O) groups excluding carboxylic acids is 1. The number of morpholine rings is 1. The maximum atomic E-state index is 12.3. The largest absolute Gasteiger partial charge is 0.497 e. The lowest BCUT2D eigenvalue weighted by Gasteiger charge is -2.29. The minimum Gasteiger partial charge on any atom is -0.497 e. The lowest BCUT2D eigenvalue weighted by atomic mass is 10.1. The number of ether oxygens (including phenoxy) is 2. The Morgan fingerprint density at radius 3 is 2.59 bits per heavy atom. The first-order valence-corrected chi connectivity index (χ1v) is 7.72. The molecule has 3 rings (SSSR count). The van der Waals surface area contributed by atoms with Crippen molar-refractivity contribution < 1.29 is 14.3 Å². The van der Waals surface area contributed by atoms with Crippen LogP contribution in [0.4, 0.5) is 11.4 Å². The molecule has 1 amide bonds. The Kier molecular flexibility index (Phi) is 4.34. The number of nitrogens with one attached hydrogen (secondary N) is 1. The summed E-state index contributed by atoms with van der Waals surface area (Å²) in [6.07, 6.45) is 0.683. The molecule has 2 heterocycles. The van der Waals surface area contributed by atoms with E-state index in [-0.39, 0.29) is 5.91 Å². The van der Waals surface area contributed by atoms with Crippen molar-refractivity contribution in [1.82, 2.24) is 0 Å². The Labute approximate surface area is 130 Å². The van der Waals surface area contributed by atoms with Crippen LogP contribution in [-0.4, -0.2) is 38.8 Å². The molecule has 2 aliphatic rings. The van der Waals surface area contributed by atoms with Crippen LogP contribution in [0.2, 0.25) is 0 Å². The number of nitrogens with zero attached hydrogens (tertiary/aromatic N) is 1. The van der Waals surface area contributed by atoms with E-state index in [9.17, 15) is 4.79 Å². The number of hydrogen-bond donors (Lipinski definition) is 1. The van der Waals surface area contributed by atoms with E-state index in [1.54, 1.807) is 0 Å². The summed E-state index contributed by atoms with van der Waals surface area (Å²) in [7, 11) is 0. The molecule has 1 saturated heterocycles. The predicted molar refractivity (Wildman–Crippen MR) is 86.1 cm³/mol. The summed E-state index contributed by atoms with van der Waals surface area (Å²) in [6.45, 7) is 7.82. The van der Waals surface area contributed by atoms with Gasteiger partial charge in [0.1, 0.15) is 5.76 Å². The minimum atomic E-state index is -0.0581. The number of benzene rings is 1. The zero-order valence-corrected chi connectivity index (χ0v) is 13.1. The SMILES string of the molecule is CC1=C(C(=O)Nc2ccc(N3CCOCC3)cc2C)CCO1. The summed E-state index contributed by atoms with van der Waals surface area (Å²) < 4.78 is 10.7. The van der Waals surface area contributed by atoms with Gasteiger partial charge >= 0.3 is 0 Å². The van der Waals surface area contributed by atoms with Gasteiger partial charge < -0.3 is 19.7 Å². The number of anilines is 2. The summed E-state index contributed by atoms with van der Waals surface area (Å²) in [5, 5.41) is 2.99. The van der Waals surface area contributed by atoms with Gasteiger partial charge in [0.2, 0.25) is 0 Å². The van der Waals surface area contributed by atoms with Crippen molar-refractivity contribution in [3.8, 4) is 0 Å². The van der Waals surface area contributed by atoms with Gasteiger partial charge in [-0.3, -0.25) is 4.79 Å². The fourth-order valence-corrected chi connectivity index (χ4v) is 2.85. The fraction of sp³-hybridized carbons (Fsp3) is 0.471. The second-order valence-electron chi connectivity index (χ2n) is 5.69. The van der Waals surface area contributed by atoms with Crippen molar-refractivity contribution in [3.05, 3.63) is 35.1 Å². The van der Waals surface area contributed by atoms with E-state index in [2.05, 4.69) is 22.3 Å². The number of hydrogen-bond acceptors (Lipinski definition) is 4. The normalized spacial score (nSPS) is 18.4. The monoisotopic (exact) mass is 302 g/mol. The highest BCUT2D eigenvalue weighted by atomic mass is 16.5. The number of carbonyl (C=O) groups is 1. The van der Waals surface area contributed by atoms with Gasteiger partial charge in [0.25, 0.3) is 5.91 Å². The Balaban J connectivity index is 1.72. The molecule has 1 fully saturated rings. The lowest BCUT2D eigenvalue weighted by molar-refractivity contribution is -0.113. The minimum absolute atomic E-state index is 0.0581. The van der Waals surface area contributed by atoms with Crippen LogP contribution < -0.4 is 10.2 Å². The van der Waals surface area contributed by atoms with Gasteiger partial charge in [-0.15, -0.1) is 0 Å². The third kappa shape index (κ3) is 3.09. The standard InChI is InChI=1S/C17H22N2O3/c1-12-11-14(19-6-9-21-10-7-19)3-4-16(12)18-17(20)15-5-8-22-13(15)2/h3-4,11H,5-10H2,1-2H3,(H,18,20). The van der Waals surface area contributed by atoms with Gasteiger partial charge in [-0.2, -0.15) is 0 Å². The molecule has 2 aliphatic heterocycles. The average Bonchev–Trinajstić information content (AvgIpc) is 2.96. The van der Waals surface area contributed by atoms with Crippen molar-refractivity contribution in [2.45, 2.75) is 20.3 Å². The Morgan fingerprint density at radius 1 is 1.18 bits per heavy atom. The number of rotatable bonds is 3.